The van der Waals surface area contributed by atoms with E-state index in [0.29, 0.717) is 68.6 Å². The third-order valence-corrected chi connectivity index (χ3v) is 7.44. The number of rotatable bonds is 3. The van der Waals surface area contributed by atoms with Crippen LogP contribution in [0.15, 0.2) is 24.3 Å². The Balaban J connectivity index is 1.15. The Labute approximate surface area is 177 Å². The van der Waals surface area contributed by atoms with Gasteiger partial charge in [0.05, 0.1) is 12.2 Å². The van der Waals surface area contributed by atoms with E-state index < -0.39 is 0 Å². The summed E-state index contributed by atoms with van der Waals surface area (Å²) in [5, 5.41) is 0. The van der Waals surface area contributed by atoms with Crippen LogP contribution in [-0.4, -0.2) is 84.9 Å². The summed E-state index contributed by atoms with van der Waals surface area (Å²) in [5.41, 5.74) is 0.625. The number of piperazine rings is 1. The van der Waals surface area contributed by atoms with Gasteiger partial charge in [0.2, 0.25) is 11.8 Å². The highest BCUT2D eigenvalue weighted by Gasteiger charge is 2.44. The summed E-state index contributed by atoms with van der Waals surface area (Å²) < 4.78 is 14.0. The number of para-hydroxylation sites is 1. The van der Waals surface area contributed by atoms with Crippen LogP contribution in [0.3, 0.4) is 0 Å². The lowest BCUT2D eigenvalue weighted by Gasteiger charge is -2.52. The van der Waals surface area contributed by atoms with Crippen LogP contribution in [0.1, 0.15) is 25.7 Å². The van der Waals surface area contributed by atoms with Crippen LogP contribution < -0.4 is 4.90 Å². The number of hydrogen-bond acceptors (Lipinski definition) is 4. The molecular formula is C23H31FN4O2. The van der Waals surface area contributed by atoms with Crippen LogP contribution in [-0.2, 0) is 9.59 Å². The van der Waals surface area contributed by atoms with Gasteiger partial charge in [-0.15, -0.1) is 0 Å². The molecule has 0 N–H and O–H groups in total. The third-order valence-electron chi connectivity index (χ3n) is 7.44. The number of benzene rings is 1. The van der Waals surface area contributed by atoms with Gasteiger partial charge >= 0.3 is 0 Å². The van der Waals surface area contributed by atoms with Crippen LogP contribution in [0.25, 0.3) is 0 Å². The summed E-state index contributed by atoms with van der Waals surface area (Å²) in [7, 11) is 0. The first kappa shape index (κ1) is 19.8. The maximum absolute atomic E-state index is 14.0. The van der Waals surface area contributed by atoms with Gasteiger partial charge in [0.25, 0.3) is 0 Å². The van der Waals surface area contributed by atoms with Gasteiger partial charge in [-0.05, 0) is 43.2 Å². The molecule has 162 valence electrons. The Bertz CT molecular complexity index is 810. The van der Waals surface area contributed by atoms with E-state index in [-0.39, 0.29) is 11.7 Å². The zero-order valence-electron chi connectivity index (χ0n) is 17.5. The number of fused-ring (bicyclic) bond motifs is 4. The normalized spacial score (nSPS) is 29.7. The maximum Gasteiger partial charge on any atom is 0.236 e. The Hall–Kier alpha value is -2.15. The Morgan fingerprint density at radius 3 is 2.67 bits per heavy atom. The summed E-state index contributed by atoms with van der Waals surface area (Å²) in [6.45, 7) is 5.77. The first-order valence-electron chi connectivity index (χ1n) is 11.4. The highest BCUT2D eigenvalue weighted by molar-refractivity contribution is 5.79. The molecule has 3 atom stereocenters. The van der Waals surface area contributed by atoms with Crippen molar-refractivity contribution >= 4 is 17.5 Å². The molecule has 5 rings (SSSR count). The van der Waals surface area contributed by atoms with Crippen LogP contribution in [0.2, 0.25) is 0 Å². The van der Waals surface area contributed by atoms with Gasteiger partial charge in [-0.2, -0.15) is 0 Å². The lowest BCUT2D eigenvalue weighted by molar-refractivity contribution is -0.146. The van der Waals surface area contributed by atoms with E-state index in [4.69, 9.17) is 0 Å². The fourth-order valence-corrected chi connectivity index (χ4v) is 6.04. The predicted molar refractivity (Wildman–Crippen MR) is 113 cm³/mol. The van der Waals surface area contributed by atoms with E-state index in [1.165, 1.54) is 12.5 Å². The molecule has 4 saturated heterocycles. The van der Waals surface area contributed by atoms with Crippen molar-refractivity contribution < 1.29 is 14.0 Å². The van der Waals surface area contributed by atoms with Crippen molar-refractivity contribution in [1.29, 1.82) is 0 Å². The first-order chi connectivity index (χ1) is 14.6. The van der Waals surface area contributed by atoms with Gasteiger partial charge in [0.1, 0.15) is 5.82 Å². The molecule has 4 aliphatic heterocycles. The molecule has 0 aliphatic carbocycles. The van der Waals surface area contributed by atoms with Crippen molar-refractivity contribution in [3.63, 3.8) is 0 Å². The largest absolute Gasteiger partial charge is 0.366 e. The molecule has 30 heavy (non-hydrogen) atoms. The Morgan fingerprint density at radius 2 is 1.87 bits per heavy atom. The van der Waals surface area contributed by atoms with Crippen LogP contribution in [0, 0.1) is 17.7 Å². The molecule has 0 spiro atoms. The smallest absolute Gasteiger partial charge is 0.236 e. The van der Waals surface area contributed by atoms with Crippen LogP contribution in [0.5, 0.6) is 0 Å². The minimum atomic E-state index is -0.202. The number of halogens is 1. The molecule has 2 bridgehead atoms. The molecule has 6 nitrogen and oxygen atoms in total. The molecule has 4 heterocycles. The molecule has 4 aliphatic rings. The van der Waals surface area contributed by atoms with E-state index in [1.54, 1.807) is 12.1 Å². The van der Waals surface area contributed by atoms with Crippen molar-refractivity contribution in [3.05, 3.63) is 30.1 Å². The van der Waals surface area contributed by atoms with Gasteiger partial charge in [-0.1, -0.05) is 12.1 Å². The van der Waals surface area contributed by atoms with Gasteiger partial charge in [-0.3, -0.25) is 14.5 Å². The highest BCUT2D eigenvalue weighted by Crippen LogP contribution is 2.37. The van der Waals surface area contributed by atoms with Crippen molar-refractivity contribution in [2.45, 2.75) is 31.7 Å². The molecule has 7 heteroatoms. The summed E-state index contributed by atoms with van der Waals surface area (Å²) in [6.07, 6.45) is 4.02. The van der Waals surface area contributed by atoms with Crippen molar-refractivity contribution in [1.82, 2.24) is 14.7 Å². The van der Waals surface area contributed by atoms with Crippen molar-refractivity contribution in [2.75, 3.05) is 57.3 Å². The fraction of sp³-hybridized carbons (Fsp3) is 0.652. The minimum absolute atomic E-state index is 0.180. The molecule has 0 saturated carbocycles. The number of carbonyl (C=O) groups excluding carboxylic acids is 2. The molecule has 2 unspecified atom stereocenters. The summed E-state index contributed by atoms with van der Waals surface area (Å²) in [6, 6.07) is 7.23. The zero-order chi connectivity index (χ0) is 20.7. The number of likely N-dealkylation sites (tertiary alicyclic amines) is 1. The minimum Gasteiger partial charge on any atom is -0.366 e. The van der Waals surface area contributed by atoms with Gasteiger partial charge in [-0.25, -0.2) is 4.39 Å². The van der Waals surface area contributed by atoms with Gasteiger partial charge in [0, 0.05) is 58.3 Å². The second kappa shape index (κ2) is 8.17. The molecule has 0 radical (unpaired) electrons. The highest BCUT2D eigenvalue weighted by atomic mass is 19.1. The molecule has 0 aromatic heterocycles. The molecule has 1 aromatic rings. The van der Waals surface area contributed by atoms with Gasteiger partial charge in [0.15, 0.2) is 0 Å². The average Bonchev–Trinajstić information content (AvgIpc) is 2.75. The van der Waals surface area contributed by atoms with E-state index in [2.05, 4.69) is 9.80 Å². The zero-order valence-corrected chi connectivity index (χ0v) is 17.5. The Kier molecular flexibility index (Phi) is 5.39. The third kappa shape index (κ3) is 3.80. The molecule has 1 aromatic carbocycles. The molecule has 2 amide bonds. The number of anilines is 1. The Morgan fingerprint density at radius 1 is 1.07 bits per heavy atom. The summed E-state index contributed by atoms with van der Waals surface area (Å²) in [4.78, 5) is 33.7. The SMILES string of the molecule is O=C(CN1CC2CC(C1)[C@H]1CCCC(=O)N1C2)N1CCN(c2ccccc2F)CC1. The summed E-state index contributed by atoms with van der Waals surface area (Å²) in [5.74, 6) is 1.31. The lowest BCUT2D eigenvalue weighted by atomic mass is 9.76. The number of piperidine rings is 3. The van der Waals surface area contributed by atoms with E-state index in [9.17, 15) is 14.0 Å². The van der Waals surface area contributed by atoms with E-state index in [1.807, 2.05) is 15.9 Å². The number of nitrogens with zero attached hydrogens (tertiary/aromatic N) is 4. The van der Waals surface area contributed by atoms with Crippen LogP contribution >= 0.6 is 0 Å². The quantitative estimate of drug-likeness (QED) is 0.757. The van der Waals surface area contributed by atoms with E-state index >= 15 is 0 Å². The second-order valence-corrected chi connectivity index (χ2v) is 9.38. The first-order valence-corrected chi connectivity index (χ1v) is 11.4. The summed E-state index contributed by atoms with van der Waals surface area (Å²) >= 11 is 0. The number of carbonyl (C=O) groups is 2. The maximum atomic E-state index is 14.0. The number of amides is 2. The van der Waals surface area contributed by atoms with Crippen molar-refractivity contribution in [3.8, 4) is 0 Å². The molecular weight excluding hydrogens is 383 g/mol. The van der Waals surface area contributed by atoms with Crippen LogP contribution in [0.4, 0.5) is 10.1 Å². The predicted octanol–water partition coefficient (Wildman–Crippen LogP) is 1.81. The molecule has 4 fully saturated rings. The fourth-order valence-electron chi connectivity index (χ4n) is 6.04. The standard InChI is InChI=1S/C23H31FN4O2/c24-19-4-1-2-5-21(19)26-8-10-27(11-9-26)23(30)16-25-13-17-12-18(15-25)20-6-3-7-22(29)28(20)14-17/h1-2,4-5,17-18,20H,3,6-16H2/t17?,18?,20-/m1/s1. The lowest BCUT2D eigenvalue weighted by Crippen LogP contribution is -2.61. The van der Waals surface area contributed by atoms with Crippen molar-refractivity contribution in [2.24, 2.45) is 11.8 Å². The van der Waals surface area contributed by atoms with Gasteiger partial charge < -0.3 is 14.7 Å². The number of hydrogen-bond donors (Lipinski definition) is 0. The topological polar surface area (TPSA) is 47.1 Å². The average molecular weight is 415 g/mol. The van der Waals surface area contributed by atoms with E-state index in [0.717, 1.165) is 32.5 Å². The second-order valence-electron chi connectivity index (χ2n) is 9.38. The monoisotopic (exact) mass is 414 g/mol.